The summed E-state index contributed by atoms with van der Waals surface area (Å²) in [6, 6.07) is 18.4. The second-order valence-corrected chi connectivity index (χ2v) is 13.7. The fourth-order valence-electron chi connectivity index (χ4n) is 5.30. The lowest BCUT2D eigenvalue weighted by molar-refractivity contribution is -0.118. The predicted octanol–water partition coefficient (Wildman–Crippen LogP) is 4.31. The van der Waals surface area contributed by atoms with Gasteiger partial charge in [-0.1, -0.05) is 54.6 Å². The molecule has 2 fully saturated rings. The number of nitrogens with zero attached hydrogens (tertiary/aromatic N) is 2. The smallest absolute Gasteiger partial charge is 0.410 e. The van der Waals surface area contributed by atoms with Crippen molar-refractivity contribution in [3.05, 3.63) is 71.3 Å². The second-order valence-electron chi connectivity index (χ2n) is 12.0. The lowest BCUT2D eigenvalue weighted by Gasteiger charge is -2.36. The Bertz CT molecular complexity index is 1230. The van der Waals surface area contributed by atoms with Crippen LogP contribution in [0.3, 0.4) is 0 Å². The summed E-state index contributed by atoms with van der Waals surface area (Å²) in [5, 5.41) is 0. The van der Waals surface area contributed by atoms with Gasteiger partial charge in [-0.2, -0.15) is 0 Å². The van der Waals surface area contributed by atoms with Crippen LogP contribution in [0.15, 0.2) is 54.6 Å². The van der Waals surface area contributed by atoms with E-state index < -0.39 is 21.5 Å². The fourth-order valence-corrected chi connectivity index (χ4v) is 5.79. The molecular formula is C30H41N3O5S. The van der Waals surface area contributed by atoms with Crippen LogP contribution in [0.4, 0.5) is 4.79 Å². The molecule has 1 N–H and O–H groups in total. The maximum Gasteiger partial charge on any atom is 0.410 e. The van der Waals surface area contributed by atoms with E-state index in [2.05, 4.69) is 29.2 Å². The lowest BCUT2D eigenvalue weighted by atomic mass is 9.95. The van der Waals surface area contributed by atoms with Crippen molar-refractivity contribution >= 4 is 22.0 Å². The van der Waals surface area contributed by atoms with Gasteiger partial charge in [0.1, 0.15) is 5.60 Å². The number of sulfonamides is 1. The molecule has 1 aliphatic heterocycles. The SMILES string of the molecule is CC(C)(C)OC(=O)N(CC1CCN(Cc2ccc(CC(=O)NS(C)(=O)=O)cc2)CC1)[C@@H]1C[C@H]1c1ccccc1. The van der Waals surface area contributed by atoms with Gasteiger partial charge < -0.3 is 9.64 Å². The molecule has 4 rings (SSSR count). The van der Waals surface area contributed by atoms with Crippen LogP contribution in [0, 0.1) is 5.92 Å². The monoisotopic (exact) mass is 555 g/mol. The van der Waals surface area contributed by atoms with Gasteiger partial charge in [-0.15, -0.1) is 0 Å². The van der Waals surface area contributed by atoms with Crippen molar-refractivity contribution in [3.63, 3.8) is 0 Å². The fraction of sp³-hybridized carbons (Fsp3) is 0.533. The first kappa shape index (κ1) is 29.1. The molecule has 2 aliphatic rings. The molecule has 2 aromatic rings. The van der Waals surface area contributed by atoms with Gasteiger partial charge in [0.2, 0.25) is 15.9 Å². The molecule has 0 unspecified atom stereocenters. The summed E-state index contributed by atoms with van der Waals surface area (Å²) >= 11 is 0. The summed E-state index contributed by atoms with van der Waals surface area (Å²) < 4.78 is 30.3. The maximum absolute atomic E-state index is 13.2. The van der Waals surface area contributed by atoms with Gasteiger partial charge in [-0.05, 0) is 75.7 Å². The highest BCUT2D eigenvalue weighted by atomic mass is 32.2. The first-order valence-electron chi connectivity index (χ1n) is 13.7. The minimum atomic E-state index is -3.55. The van der Waals surface area contributed by atoms with Crippen molar-refractivity contribution < 1.29 is 22.7 Å². The number of ether oxygens (including phenoxy) is 1. The number of hydrogen-bond donors (Lipinski definition) is 1. The van der Waals surface area contributed by atoms with Crippen LogP contribution in [-0.4, -0.2) is 67.8 Å². The summed E-state index contributed by atoms with van der Waals surface area (Å²) in [4.78, 5) is 29.5. The predicted molar refractivity (Wildman–Crippen MR) is 152 cm³/mol. The number of rotatable bonds is 9. The second kappa shape index (κ2) is 12.1. The molecule has 0 spiro atoms. The molecule has 1 aliphatic carbocycles. The average molecular weight is 556 g/mol. The van der Waals surface area contributed by atoms with Crippen molar-refractivity contribution in [2.75, 3.05) is 25.9 Å². The Labute approximate surface area is 232 Å². The molecule has 1 heterocycles. The van der Waals surface area contributed by atoms with Crippen LogP contribution in [-0.2, 0) is 32.5 Å². The molecule has 39 heavy (non-hydrogen) atoms. The molecule has 9 heteroatoms. The van der Waals surface area contributed by atoms with Crippen LogP contribution in [0.5, 0.6) is 0 Å². The number of benzene rings is 2. The molecule has 212 valence electrons. The Morgan fingerprint density at radius 2 is 1.62 bits per heavy atom. The van der Waals surface area contributed by atoms with Gasteiger partial charge in [-0.3, -0.25) is 14.4 Å². The van der Waals surface area contributed by atoms with E-state index in [0.29, 0.717) is 11.8 Å². The van der Waals surface area contributed by atoms with Gasteiger partial charge >= 0.3 is 6.09 Å². The number of piperidine rings is 1. The quantitative estimate of drug-likeness (QED) is 0.496. The molecule has 2 amide bonds. The van der Waals surface area contributed by atoms with Gasteiger partial charge in [0.25, 0.3) is 0 Å². The van der Waals surface area contributed by atoms with Crippen molar-refractivity contribution in [3.8, 4) is 0 Å². The van der Waals surface area contributed by atoms with Gasteiger partial charge in [-0.25, -0.2) is 13.2 Å². The van der Waals surface area contributed by atoms with E-state index in [1.807, 2.05) is 60.7 Å². The molecule has 2 atom stereocenters. The van der Waals surface area contributed by atoms with Crippen LogP contribution in [0.25, 0.3) is 0 Å². The van der Waals surface area contributed by atoms with E-state index in [1.165, 1.54) is 5.56 Å². The van der Waals surface area contributed by atoms with Crippen molar-refractivity contribution in [2.45, 2.75) is 70.6 Å². The van der Waals surface area contributed by atoms with E-state index in [4.69, 9.17) is 4.74 Å². The number of carbonyl (C=O) groups is 2. The number of amides is 2. The van der Waals surface area contributed by atoms with Gasteiger partial charge in [0, 0.05) is 25.0 Å². The zero-order chi connectivity index (χ0) is 28.2. The summed E-state index contributed by atoms with van der Waals surface area (Å²) in [5.74, 6) is 0.273. The third-order valence-corrected chi connectivity index (χ3v) is 7.87. The van der Waals surface area contributed by atoms with Crippen LogP contribution >= 0.6 is 0 Å². The maximum atomic E-state index is 13.2. The molecule has 2 aromatic carbocycles. The Balaban J connectivity index is 1.29. The van der Waals surface area contributed by atoms with Gasteiger partial charge in [0.05, 0.1) is 12.7 Å². The third kappa shape index (κ3) is 9.07. The normalized spacial score (nSPS) is 20.3. The average Bonchev–Trinajstić information content (AvgIpc) is 3.64. The van der Waals surface area contributed by atoms with Crippen molar-refractivity contribution in [1.82, 2.24) is 14.5 Å². The van der Waals surface area contributed by atoms with E-state index in [1.54, 1.807) is 0 Å². The highest BCUT2D eigenvalue weighted by Crippen LogP contribution is 2.45. The summed E-state index contributed by atoms with van der Waals surface area (Å²) in [5.41, 5.74) is 2.69. The zero-order valence-electron chi connectivity index (χ0n) is 23.4. The minimum absolute atomic E-state index is 0.0268. The zero-order valence-corrected chi connectivity index (χ0v) is 24.2. The summed E-state index contributed by atoms with van der Waals surface area (Å²) in [6.07, 6.45) is 3.81. The molecule has 0 radical (unpaired) electrons. The Morgan fingerprint density at radius 1 is 1.00 bits per heavy atom. The number of nitrogens with one attached hydrogen (secondary N) is 1. The number of likely N-dealkylation sites (tertiary alicyclic amines) is 1. The van der Waals surface area contributed by atoms with Crippen LogP contribution in [0.2, 0.25) is 0 Å². The van der Waals surface area contributed by atoms with Crippen molar-refractivity contribution in [1.29, 1.82) is 0 Å². The number of hydrogen-bond acceptors (Lipinski definition) is 6. The van der Waals surface area contributed by atoms with E-state index in [9.17, 15) is 18.0 Å². The minimum Gasteiger partial charge on any atom is -0.444 e. The molecule has 1 saturated heterocycles. The number of carbonyl (C=O) groups excluding carboxylic acids is 2. The highest BCUT2D eigenvalue weighted by Gasteiger charge is 2.46. The van der Waals surface area contributed by atoms with Gasteiger partial charge in [0.15, 0.2) is 0 Å². The standard InChI is InChI=1S/C30H41N3O5S/c1-30(2,3)38-29(35)33(27-19-26(27)25-8-6-5-7-9-25)21-24-14-16-32(17-15-24)20-23-12-10-22(11-13-23)18-28(34)31-39(4,36)37/h5-13,24,26-27H,14-21H2,1-4H3,(H,31,34)/t26-,27+/m0/s1. The van der Waals surface area contributed by atoms with Crippen LogP contribution < -0.4 is 4.72 Å². The van der Waals surface area contributed by atoms with Crippen LogP contribution in [0.1, 0.15) is 62.6 Å². The molecule has 0 bridgehead atoms. The van der Waals surface area contributed by atoms with E-state index in [0.717, 1.165) is 62.8 Å². The largest absolute Gasteiger partial charge is 0.444 e. The van der Waals surface area contributed by atoms with E-state index >= 15 is 0 Å². The molecule has 0 aromatic heterocycles. The van der Waals surface area contributed by atoms with E-state index in [-0.39, 0.29) is 18.6 Å². The topological polar surface area (TPSA) is 96.0 Å². The highest BCUT2D eigenvalue weighted by molar-refractivity contribution is 7.89. The summed E-state index contributed by atoms with van der Waals surface area (Å²) in [6.45, 7) is 9.20. The Kier molecular flexibility index (Phi) is 9.01. The first-order valence-corrected chi connectivity index (χ1v) is 15.6. The third-order valence-electron chi connectivity index (χ3n) is 7.27. The molecular weight excluding hydrogens is 514 g/mol. The lowest BCUT2D eigenvalue weighted by Crippen LogP contribution is -2.44. The first-order chi connectivity index (χ1) is 18.4. The summed E-state index contributed by atoms with van der Waals surface area (Å²) in [7, 11) is -3.55. The molecule has 1 saturated carbocycles. The molecule has 8 nitrogen and oxygen atoms in total. The Hall–Kier alpha value is -2.91. The van der Waals surface area contributed by atoms with Crippen molar-refractivity contribution in [2.24, 2.45) is 5.92 Å². The Morgan fingerprint density at radius 3 is 2.21 bits per heavy atom.